The van der Waals surface area contributed by atoms with E-state index in [2.05, 4.69) is 6.92 Å². The molecule has 3 atom stereocenters. The Morgan fingerprint density at radius 3 is 2.83 bits per heavy atom. The van der Waals surface area contributed by atoms with Crippen LogP contribution in [0.2, 0.25) is 0 Å². The zero-order valence-electron chi connectivity index (χ0n) is 7.75. The lowest BCUT2D eigenvalue weighted by Gasteiger charge is -2.12. The fraction of sp³-hybridized carbons (Fsp3) is 1.00. The Kier molecular flexibility index (Phi) is 2.13. The van der Waals surface area contributed by atoms with E-state index in [1.807, 2.05) is 0 Å². The van der Waals surface area contributed by atoms with E-state index in [1.54, 1.807) is 0 Å². The minimum absolute atomic E-state index is 0.314. The molecule has 0 aromatic heterocycles. The summed E-state index contributed by atoms with van der Waals surface area (Å²) in [6, 6.07) is 0. The summed E-state index contributed by atoms with van der Waals surface area (Å²) in [6.07, 6.45) is 5.85. The van der Waals surface area contributed by atoms with Gasteiger partial charge in [-0.3, -0.25) is 0 Å². The van der Waals surface area contributed by atoms with Crippen molar-refractivity contribution in [3.63, 3.8) is 0 Å². The Morgan fingerprint density at radius 2 is 2.33 bits per heavy atom. The second-order valence-electron chi connectivity index (χ2n) is 4.38. The average molecular weight is 170 g/mol. The first-order valence-corrected chi connectivity index (χ1v) is 5.05. The molecule has 2 aliphatic rings. The minimum Gasteiger partial charge on any atom is -0.390 e. The molecule has 70 valence electrons. The molecule has 2 rings (SSSR count). The minimum atomic E-state index is -0.314. The van der Waals surface area contributed by atoms with Gasteiger partial charge in [-0.05, 0) is 38.0 Å². The molecule has 2 fully saturated rings. The molecule has 3 unspecified atom stereocenters. The Hall–Kier alpha value is -0.0800. The molecule has 0 amide bonds. The Balaban J connectivity index is 1.68. The smallest absolute Gasteiger partial charge is 0.0678 e. The van der Waals surface area contributed by atoms with Gasteiger partial charge in [0.25, 0.3) is 0 Å². The van der Waals surface area contributed by atoms with E-state index in [1.165, 1.54) is 12.8 Å². The molecule has 1 aliphatic carbocycles. The Labute approximate surface area is 73.9 Å². The van der Waals surface area contributed by atoms with Gasteiger partial charge in [-0.25, -0.2) is 0 Å². The van der Waals surface area contributed by atoms with Gasteiger partial charge in [0.15, 0.2) is 0 Å². The van der Waals surface area contributed by atoms with Gasteiger partial charge < -0.3 is 9.84 Å². The lowest BCUT2D eigenvalue weighted by molar-refractivity contribution is 0.0676. The third kappa shape index (κ3) is 1.64. The van der Waals surface area contributed by atoms with Crippen LogP contribution in [0.5, 0.6) is 0 Å². The first kappa shape index (κ1) is 8.52. The zero-order valence-corrected chi connectivity index (χ0v) is 7.75. The van der Waals surface area contributed by atoms with Crippen LogP contribution in [0, 0.1) is 5.92 Å². The molecule has 0 bridgehead atoms. The predicted molar refractivity (Wildman–Crippen MR) is 46.9 cm³/mol. The van der Waals surface area contributed by atoms with Crippen molar-refractivity contribution in [1.29, 1.82) is 0 Å². The maximum Gasteiger partial charge on any atom is 0.0678 e. The SMILES string of the molecule is CC1CC1(O)CCC1CCCO1. The van der Waals surface area contributed by atoms with Crippen molar-refractivity contribution < 1.29 is 9.84 Å². The third-order valence-corrected chi connectivity index (χ3v) is 3.34. The molecule has 2 heteroatoms. The number of rotatable bonds is 3. The van der Waals surface area contributed by atoms with E-state index >= 15 is 0 Å². The van der Waals surface area contributed by atoms with Crippen LogP contribution in [0.4, 0.5) is 0 Å². The van der Waals surface area contributed by atoms with Gasteiger partial charge in [-0.15, -0.1) is 0 Å². The fourth-order valence-electron chi connectivity index (χ4n) is 2.10. The van der Waals surface area contributed by atoms with E-state index in [0.29, 0.717) is 12.0 Å². The Bertz CT molecular complexity index is 163. The summed E-state index contributed by atoms with van der Waals surface area (Å²) in [5.74, 6) is 0.527. The second-order valence-corrected chi connectivity index (χ2v) is 4.38. The summed E-state index contributed by atoms with van der Waals surface area (Å²) >= 11 is 0. The van der Waals surface area contributed by atoms with Crippen molar-refractivity contribution in [2.75, 3.05) is 6.61 Å². The zero-order chi connectivity index (χ0) is 8.60. The number of hydrogen-bond donors (Lipinski definition) is 1. The van der Waals surface area contributed by atoms with Crippen LogP contribution in [-0.2, 0) is 4.74 Å². The number of ether oxygens (including phenoxy) is 1. The first-order valence-electron chi connectivity index (χ1n) is 5.05. The van der Waals surface area contributed by atoms with Crippen LogP contribution in [0.15, 0.2) is 0 Å². The Morgan fingerprint density at radius 1 is 1.58 bits per heavy atom. The fourth-order valence-corrected chi connectivity index (χ4v) is 2.10. The molecule has 0 aromatic carbocycles. The van der Waals surface area contributed by atoms with Crippen molar-refractivity contribution in [2.45, 2.75) is 50.7 Å². The van der Waals surface area contributed by atoms with E-state index in [0.717, 1.165) is 25.9 Å². The van der Waals surface area contributed by atoms with Gasteiger partial charge in [-0.2, -0.15) is 0 Å². The first-order chi connectivity index (χ1) is 5.71. The normalized spacial score (nSPS) is 46.5. The standard InChI is InChI=1S/C10H18O2/c1-8-7-10(8,11)5-4-9-3-2-6-12-9/h8-9,11H,2-7H2,1H3. The van der Waals surface area contributed by atoms with Crippen molar-refractivity contribution >= 4 is 0 Å². The molecule has 1 N–H and O–H groups in total. The summed E-state index contributed by atoms with van der Waals surface area (Å²) in [5, 5.41) is 9.80. The molecule has 1 saturated heterocycles. The molecule has 0 radical (unpaired) electrons. The van der Waals surface area contributed by atoms with Crippen LogP contribution >= 0.6 is 0 Å². The van der Waals surface area contributed by atoms with E-state index in [-0.39, 0.29) is 5.60 Å². The van der Waals surface area contributed by atoms with Crippen molar-refractivity contribution in [2.24, 2.45) is 5.92 Å². The molecule has 1 heterocycles. The lowest BCUT2D eigenvalue weighted by atomic mass is 10.1. The van der Waals surface area contributed by atoms with Gasteiger partial charge >= 0.3 is 0 Å². The van der Waals surface area contributed by atoms with Crippen molar-refractivity contribution in [1.82, 2.24) is 0 Å². The monoisotopic (exact) mass is 170 g/mol. The maximum atomic E-state index is 9.80. The van der Waals surface area contributed by atoms with Gasteiger partial charge in [0.1, 0.15) is 0 Å². The van der Waals surface area contributed by atoms with Crippen LogP contribution in [0.1, 0.15) is 39.0 Å². The molecule has 12 heavy (non-hydrogen) atoms. The lowest BCUT2D eigenvalue weighted by Crippen LogP contribution is -2.14. The largest absolute Gasteiger partial charge is 0.390 e. The highest BCUT2D eigenvalue weighted by Gasteiger charge is 2.49. The predicted octanol–water partition coefficient (Wildman–Crippen LogP) is 1.72. The molecular weight excluding hydrogens is 152 g/mol. The molecule has 0 spiro atoms. The van der Waals surface area contributed by atoms with Crippen LogP contribution < -0.4 is 0 Å². The summed E-state index contributed by atoms with van der Waals surface area (Å²) < 4.78 is 5.50. The van der Waals surface area contributed by atoms with Crippen molar-refractivity contribution in [3.05, 3.63) is 0 Å². The summed E-state index contributed by atoms with van der Waals surface area (Å²) in [7, 11) is 0. The second kappa shape index (κ2) is 3.00. The highest BCUT2D eigenvalue weighted by atomic mass is 16.5. The van der Waals surface area contributed by atoms with Gasteiger partial charge in [0.05, 0.1) is 11.7 Å². The van der Waals surface area contributed by atoms with Crippen molar-refractivity contribution in [3.8, 4) is 0 Å². The third-order valence-electron chi connectivity index (χ3n) is 3.34. The molecule has 2 nitrogen and oxygen atoms in total. The maximum absolute atomic E-state index is 9.80. The quantitative estimate of drug-likeness (QED) is 0.698. The highest BCUT2D eigenvalue weighted by Crippen LogP contribution is 2.46. The molecule has 1 aliphatic heterocycles. The summed E-state index contributed by atoms with van der Waals surface area (Å²) in [4.78, 5) is 0. The van der Waals surface area contributed by atoms with Gasteiger partial charge in [0, 0.05) is 6.61 Å². The molecule has 0 aromatic rings. The van der Waals surface area contributed by atoms with E-state index in [9.17, 15) is 5.11 Å². The van der Waals surface area contributed by atoms with Crippen LogP contribution in [0.25, 0.3) is 0 Å². The highest BCUT2D eigenvalue weighted by molar-refractivity contribution is 5.00. The van der Waals surface area contributed by atoms with Crippen LogP contribution in [0.3, 0.4) is 0 Å². The molecular formula is C10H18O2. The number of hydrogen-bond acceptors (Lipinski definition) is 2. The molecule has 1 saturated carbocycles. The van der Waals surface area contributed by atoms with Crippen LogP contribution in [-0.4, -0.2) is 23.4 Å². The average Bonchev–Trinajstić information content (AvgIpc) is 2.57. The summed E-state index contributed by atoms with van der Waals surface area (Å²) in [5.41, 5.74) is -0.314. The van der Waals surface area contributed by atoms with E-state index in [4.69, 9.17) is 4.74 Å². The van der Waals surface area contributed by atoms with Gasteiger partial charge in [0.2, 0.25) is 0 Å². The summed E-state index contributed by atoms with van der Waals surface area (Å²) in [6.45, 7) is 3.05. The van der Waals surface area contributed by atoms with E-state index < -0.39 is 0 Å². The number of aliphatic hydroxyl groups is 1. The topological polar surface area (TPSA) is 29.5 Å². The van der Waals surface area contributed by atoms with Gasteiger partial charge in [-0.1, -0.05) is 6.92 Å².